The predicted molar refractivity (Wildman–Crippen MR) is 106 cm³/mol. The summed E-state index contributed by atoms with van der Waals surface area (Å²) in [6.45, 7) is 0. The molecule has 0 fully saturated rings. The normalized spacial score (nSPS) is 11.0. The number of rotatable bonds is 6. The number of carbonyl (C=O) groups excluding carboxylic acids is 1. The van der Waals surface area contributed by atoms with Crippen molar-refractivity contribution in [3.8, 4) is 0 Å². The summed E-state index contributed by atoms with van der Waals surface area (Å²) in [5.74, 6) is 0.764. The molecule has 0 aliphatic rings. The Morgan fingerprint density at radius 2 is 2.20 bits per heavy atom. The van der Waals surface area contributed by atoms with E-state index in [9.17, 15) is 4.79 Å². The number of thiazole rings is 1. The second kappa shape index (κ2) is 7.61. The maximum atomic E-state index is 12.0. The lowest BCUT2D eigenvalue weighted by Gasteiger charge is -2.01. The Kier molecular flexibility index (Phi) is 5.07. The van der Waals surface area contributed by atoms with E-state index in [1.54, 1.807) is 39.8 Å². The van der Waals surface area contributed by atoms with Crippen molar-refractivity contribution in [3.63, 3.8) is 0 Å². The molecule has 1 amide bonds. The van der Waals surface area contributed by atoms with Crippen LogP contribution in [0.3, 0.4) is 0 Å². The van der Waals surface area contributed by atoms with Gasteiger partial charge >= 0.3 is 0 Å². The number of nitrogens with zero attached hydrogens (tertiary/aromatic N) is 3. The van der Waals surface area contributed by atoms with E-state index in [4.69, 9.17) is 0 Å². The number of thiophene rings is 1. The average Bonchev–Trinajstić information content (AvgIpc) is 3.36. The summed E-state index contributed by atoms with van der Waals surface area (Å²) in [6, 6.07) is 7.91. The zero-order valence-corrected chi connectivity index (χ0v) is 16.1. The van der Waals surface area contributed by atoms with Crippen LogP contribution < -0.4 is 5.32 Å². The van der Waals surface area contributed by atoms with E-state index >= 15 is 0 Å². The van der Waals surface area contributed by atoms with Crippen LogP contribution in [0.15, 0.2) is 44.7 Å². The van der Waals surface area contributed by atoms with Gasteiger partial charge in [-0.15, -0.1) is 16.4 Å². The Balaban J connectivity index is 1.43. The van der Waals surface area contributed by atoms with Crippen molar-refractivity contribution < 1.29 is 4.79 Å². The quantitative estimate of drug-likeness (QED) is 0.468. The van der Waals surface area contributed by atoms with Crippen LogP contribution in [-0.4, -0.2) is 26.2 Å². The highest BCUT2D eigenvalue weighted by Crippen LogP contribution is 2.31. The Morgan fingerprint density at radius 1 is 1.24 bits per heavy atom. The number of aromatic nitrogens is 3. The first kappa shape index (κ1) is 16.6. The number of amides is 1. The van der Waals surface area contributed by atoms with E-state index in [0.717, 1.165) is 43.9 Å². The van der Waals surface area contributed by atoms with Crippen LogP contribution >= 0.6 is 46.0 Å². The first-order chi connectivity index (χ1) is 12.3. The van der Waals surface area contributed by atoms with Crippen molar-refractivity contribution >= 4 is 67.8 Å². The molecule has 0 unspecified atom stereocenters. The van der Waals surface area contributed by atoms with Crippen LogP contribution in [0.25, 0.3) is 10.2 Å². The van der Waals surface area contributed by atoms with Gasteiger partial charge in [-0.3, -0.25) is 4.79 Å². The van der Waals surface area contributed by atoms with Crippen molar-refractivity contribution in [2.75, 3.05) is 11.1 Å². The summed E-state index contributed by atoms with van der Waals surface area (Å²) in [6.07, 6.45) is 1.05. The first-order valence-corrected chi connectivity index (χ1v) is 11.0. The van der Waals surface area contributed by atoms with Gasteiger partial charge in [0.1, 0.15) is 0 Å². The number of hydrogen-bond acceptors (Lipinski definition) is 8. The molecule has 4 aromatic rings. The van der Waals surface area contributed by atoms with Crippen molar-refractivity contribution in [1.82, 2.24) is 14.6 Å². The van der Waals surface area contributed by atoms with Gasteiger partial charge in [0.05, 0.1) is 10.2 Å². The van der Waals surface area contributed by atoms with Gasteiger partial charge in [-0.05, 0) is 58.5 Å². The highest BCUT2D eigenvalue weighted by molar-refractivity contribution is 8.01. The second-order valence-corrected chi connectivity index (χ2v) is 8.90. The minimum atomic E-state index is -0.247. The minimum absolute atomic E-state index is 0.247. The molecule has 1 N–H and O–H groups in total. The zero-order valence-electron chi connectivity index (χ0n) is 12.8. The highest BCUT2D eigenvalue weighted by Gasteiger charge is 2.11. The maximum absolute atomic E-state index is 12.0. The standard InChI is InChI=1S/C16H12N4OS4/c21-15(13-9-24-20-19-13)17-11-1-2-12-14(7-11)25-16(18-12)23-6-4-10-3-5-22-8-10/h1-3,5,7-9H,4,6H2,(H,17,21). The van der Waals surface area contributed by atoms with Gasteiger partial charge in [-0.2, -0.15) is 11.3 Å². The number of nitrogens with one attached hydrogen (secondary N) is 1. The molecule has 3 heterocycles. The molecular formula is C16H12N4OS4. The van der Waals surface area contributed by atoms with Crippen LogP contribution in [0.4, 0.5) is 5.69 Å². The summed E-state index contributed by atoms with van der Waals surface area (Å²) >= 11 is 6.31. The summed E-state index contributed by atoms with van der Waals surface area (Å²) in [5.41, 5.74) is 3.40. The number of aryl methyl sites for hydroxylation is 1. The molecule has 1 aromatic carbocycles. The van der Waals surface area contributed by atoms with E-state index in [1.807, 2.05) is 18.2 Å². The lowest BCUT2D eigenvalue weighted by molar-refractivity contribution is 0.102. The zero-order chi connectivity index (χ0) is 17.1. The molecule has 0 aliphatic heterocycles. The lowest BCUT2D eigenvalue weighted by Crippen LogP contribution is -2.12. The Hall–Kier alpha value is -1.81. The van der Waals surface area contributed by atoms with Crippen LogP contribution in [0.2, 0.25) is 0 Å². The third-order valence-electron chi connectivity index (χ3n) is 3.42. The topological polar surface area (TPSA) is 67.8 Å². The van der Waals surface area contributed by atoms with E-state index in [-0.39, 0.29) is 5.91 Å². The molecule has 126 valence electrons. The number of carbonyl (C=O) groups is 1. The highest BCUT2D eigenvalue weighted by atomic mass is 32.2. The number of thioether (sulfide) groups is 1. The van der Waals surface area contributed by atoms with E-state index < -0.39 is 0 Å². The fourth-order valence-corrected chi connectivity index (χ4v) is 5.50. The van der Waals surface area contributed by atoms with E-state index in [0.29, 0.717) is 5.69 Å². The van der Waals surface area contributed by atoms with Gasteiger partial charge in [-0.25, -0.2) is 4.98 Å². The summed E-state index contributed by atoms with van der Waals surface area (Å²) in [7, 11) is 0. The van der Waals surface area contributed by atoms with Crippen molar-refractivity contribution in [2.45, 2.75) is 10.8 Å². The molecule has 0 spiro atoms. The van der Waals surface area contributed by atoms with Gasteiger partial charge in [0, 0.05) is 16.8 Å². The number of benzene rings is 1. The van der Waals surface area contributed by atoms with Crippen molar-refractivity contribution in [3.05, 3.63) is 51.7 Å². The average molecular weight is 405 g/mol. The maximum Gasteiger partial charge on any atom is 0.277 e. The van der Waals surface area contributed by atoms with E-state index in [1.165, 1.54) is 5.56 Å². The van der Waals surface area contributed by atoms with Gasteiger partial charge in [0.15, 0.2) is 10.0 Å². The summed E-state index contributed by atoms with van der Waals surface area (Å²) < 4.78 is 5.82. The molecule has 0 atom stereocenters. The van der Waals surface area contributed by atoms with Crippen LogP contribution in [0.5, 0.6) is 0 Å². The molecule has 0 saturated heterocycles. The molecule has 0 bridgehead atoms. The van der Waals surface area contributed by atoms with Crippen molar-refractivity contribution in [2.24, 2.45) is 0 Å². The molecule has 3 aromatic heterocycles. The van der Waals surface area contributed by atoms with Gasteiger partial charge in [0.2, 0.25) is 0 Å². The van der Waals surface area contributed by atoms with Gasteiger partial charge in [0.25, 0.3) is 5.91 Å². The minimum Gasteiger partial charge on any atom is -0.321 e. The van der Waals surface area contributed by atoms with Crippen LogP contribution in [0.1, 0.15) is 16.1 Å². The second-order valence-electron chi connectivity index (χ2n) is 5.14. The summed E-state index contributed by atoms with van der Waals surface area (Å²) in [5, 5.41) is 12.5. The third kappa shape index (κ3) is 4.06. The van der Waals surface area contributed by atoms with Crippen LogP contribution in [0, 0.1) is 0 Å². The molecule has 0 saturated carbocycles. The molecule has 9 heteroatoms. The molecule has 4 rings (SSSR count). The molecule has 0 radical (unpaired) electrons. The Morgan fingerprint density at radius 3 is 3.00 bits per heavy atom. The monoisotopic (exact) mass is 404 g/mol. The van der Waals surface area contributed by atoms with E-state index in [2.05, 4.69) is 36.7 Å². The van der Waals surface area contributed by atoms with Gasteiger partial charge < -0.3 is 5.32 Å². The predicted octanol–water partition coefficient (Wildman–Crippen LogP) is 4.80. The lowest BCUT2D eigenvalue weighted by atomic mass is 10.3. The number of hydrogen-bond donors (Lipinski definition) is 1. The molecule has 0 aliphatic carbocycles. The smallest absolute Gasteiger partial charge is 0.277 e. The van der Waals surface area contributed by atoms with Crippen LogP contribution in [-0.2, 0) is 6.42 Å². The summed E-state index contributed by atoms with van der Waals surface area (Å²) in [4.78, 5) is 16.7. The third-order valence-corrected chi connectivity index (χ3v) is 6.82. The van der Waals surface area contributed by atoms with Gasteiger partial charge in [-0.1, -0.05) is 16.3 Å². The fraction of sp³-hybridized carbons (Fsp3) is 0.125. The molecular weight excluding hydrogens is 392 g/mol. The number of anilines is 1. The van der Waals surface area contributed by atoms with Crippen molar-refractivity contribution in [1.29, 1.82) is 0 Å². The molecule has 25 heavy (non-hydrogen) atoms. The Labute approximate surface area is 160 Å². The molecule has 5 nitrogen and oxygen atoms in total. The SMILES string of the molecule is O=C(Nc1ccc2nc(SCCc3ccsc3)sc2c1)c1csnn1. The first-order valence-electron chi connectivity index (χ1n) is 7.41. The number of fused-ring (bicyclic) bond motifs is 1. The largest absolute Gasteiger partial charge is 0.321 e. The fourth-order valence-electron chi connectivity index (χ4n) is 2.19. The Bertz CT molecular complexity index is 979.